The molecule has 1 N–H and O–H groups in total. The number of nitrogens with zero attached hydrogens (tertiary/aromatic N) is 4. The number of hydrogen-bond acceptors (Lipinski definition) is 8. The number of nitrogens with one attached hydrogen (secondary N) is 1. The Morgan fingerprint density at radius 2 is 1.45 bits per heavy atom. The van der Waals surface area contributed by atoms with Crippen molar-refractivity contribution in [1.29, 1.82) is 0 Å². The van der Waals surface area contributed by atoms with Gasteiger partial charge in [-0.3, -0.25) is 5.10 Å². The summed E-state index contributed by atoms with van der Waals surface area (Å²) in [6.45, 7) is 0. The van der Waals surface area contributed by atoms with Gasteiger partial charge in [0.15, 0.2) is 0 Å². The third-order valence-corrected chi connectivity index (χ3v) is 12.4. The van der Waals surface area contributed by atoms with E-state index in [1.54, 1.807) is 22.7 Å². The minimum atomic E-state index is 0.888. The summed E-state index contributed by atoms with van der Waals surface area (Å²) in [5, 5.41) is 18.5. The topological polar surface area (TPSA) is 67.3 Å². The Hall–Kier alpha value is -5.06. The van der Waals surface area contributed by atoms with Gasteiger partial charge in [0.05, 0.1) is 20.4 Å². The highest BCUT2D eigenvalue weighted by atomic mass is 32.1. The van der Waals surface area contributed by atoms with Gasteiger partial charge < -0.3 is 0 Å². The van der Waals surface area contributed by atoms with Gasteiger partial charge in [-0.05, 0) is 70.8 Å². The normalized spacial score (nSPS) is 11.8. The molecular formula is C38H21N5S4. The molecule has 0 atom stereocenters. The Labute approximate surface area is 284 Å². The van der Waals surface area contributed by atoms with Crippen molar-refractivity contribution in [2.24, 2.45) is 0 Å². The second-order valence-electron chi connectivity index (χ2n) is 11.3. The van der Waals surface area contributed by atoms with E-state index in [1.807, 2.05) is 17.4 Å². The van der Waals surface area contributed by atoms with Crippen LogP contribution in [0.2, 0.25) is 0 Å². The average molecular weight is 676 g/mol. The Morgan fingerprint density at radius 3 is 2.34 bits per heavy atom. The molecule has 0 aliphatic rings. The number of fused-ring (bicyclic) bond motifs is 4. The summed E-state index contributed by atoms with van der Waals surface area (Å²) in [6, 6.07) is 40.8. The summed E-state index contributed by atoms with van der Waals surface area (Å²) in [5.41, 5.74) is 10.3. The molecule has 5 nitrogen and oxygen atoms in total. The van der Waals surface area contributed by atoms with E-state index < -0.39 is 0 Å². The summed E-state index contributed by atoms with van der Waals surface area (Å²) in [5.74, 6) is 0. The van der Waals surface area contributed by atoms with Gasteiger partial charge in [-0.25, -0.2) is 4.98 Å². The van der Waals surface area contributed by atoms with E-state index in [0.29, 0.717) is 0 Å². The Morgan fingerprint density at radius 1 is 0.596 bits per heavy atom. The van der Waals surface area contributed by atoms with E-state index in [4.69, 9.17) is 15.2 Å². The van der Waals surface area contributed by atoms with Crippen LogP contribution in [0.3, 0.4) is 0 Å². The van der Waals surface area contributed by atoms with Crippen LogP contribution in [0.25, 0.3) is 95.3 Å². The summed E-state index contributed by atoms with van der Waals surface area (Å²) in [7, 11) is 0. The third-order valence-electron chi connectivity index (χ3n) is 8.57. The van der Waals surface area contributed by atoms with Crippen LogP contribution in [0, 0.1) is 0 Å². The third kappa shape index (κ3) is 4.32. The fourth-order valence-corrected chi connectivity index (χ4v) is 9.95. The fraction of sp³-hybridized carbons (Fsp3) is 0. The van der Waals surface area contributed by atoms with Crippen LogP contribution in [0.1, 0.15) is 0 Å². The molecule has 5 heterocycles. The highest BCUT2D eigenvalue weighted by Crippen LogP contribution is 2.54. The minimum absolute atomic E-state index is 0.888. The predicted molar refractivity (Wildman–Crippen MR) is 201 cm³/mol. The second kappa shape index (κ2) is 10.8. The maximum atomic E-state index is 5.24. The molecule has 0 radical (unpaired) electrons. The van der Waals surface area contributed by atoms with Crippen molar-refractivity contribution in [1.82, 2.24) is 24.8 Å². The number of aromatic nitrogens is 5. The molecular weight excluding hydrogens is 655 g/mol. The summed E-state index contributed by atoms with van der Waals surface area (Å²) in [6.07, 6.45) is 0. The zero-order valence-corrected chi connectivity index (χ0v) is 27.7. The van der Waals surface area contributed by atoms with E-state index in [0.717, 1.165) is 64.3 Å². The van der Waals surface area contributed by atoms with Crippen LogP contribution in [-0.4, -0.2) is 24.8 Å². The van der Waals surface area contributed by atoms with Gasteiger partial charge in [-0.15, -0.1) is 39.1 Å². The predicted octanol–water partition coefficient (Wildman–Crippen LogP) is 11.8. The number of thiazole rings is 1. The standard InChI is InChI=1S/C38H21N5S4/c1-5-14-28-21(9-1)19-32(45-28)33-24(29-17-8-18-44-29)20-25(38-39-27-13-4-6-15-30(27)46-38)35(37-22-10-2-3-12-26(22)40-41-37)34(33)23-11-7-16-31-36(23)42-43-47-31/h1-20H,(H,40,41). The number of rotatable bonds is 5. The molecule has 0 fully saturated rings. The molecule has 0 bridgehead atoms. The van der Waals surface area contributed by atoms with Gasteiger partial charge in [-0.1, -0.05) is 71.2 Å². The van der Waals surface area contributed by atoms with Crippen molar-refractivity contribution < 1.29 is 0 Å². The number of aromatic amines is 1. The van der Waals surface area contributed by atoms with Gasteiger partial charge in [0.1, 0.15) is 16.2 Å². The SMILES string of the molecule is c1csc(-c2cc(-c3nc4ccccc4s3)c(-c3n[nH]c4ccccc34)c(-c3cccc4snnc34)c2-c2cc3ccccc3s2)c1. The van der Waals surface area contributed by atoms with Crippen molar-refractivity contribution in [2.45, 2.75) is 0 Å². The number of thiophene rings is 2. The first-order valence-corrected chi connectivity index (χ1v) is 18.3. The molecule has 0 amide bonds. The van der Waals surface area contributed by atoms with Crippen LogP contribution in [0.15, 0.2) is 121 Å². The quantitative estimate of drug-likeness (QED) is 0.197. The Bertz CT molecular complexity index is 2700. The lowest BCUT2D eigenvalue weighted by atomic mass is 9.84. The lowest BCUT2D eigenvalue weighted by molar-refractivity contribution is 1.12. The molecule has 5 aromatic carbocycles. The van der Waals surface area contributed by atoms with Gasteiger partial charge in [0, 0.05) is 53.2 Å². The number of H-pyrrole nitrogens is 1. The first kappa shape index (κ1) is 27.1. The molecule has 5 aromatic heterocycles. The van der Waals surface area contributed by atoms with Crippen molar-refractivity contribution >= 4 is 87.0 Å². The van der Waals surface area contributed by atoms with Crippen LogP contribution < -0.4 is 0 Å². The molecule has 0 saturated carbocycles. The fourth-order valence-electron chi connectivity index (χ4n) is 6.50. The molecule has 0 spiro atoms. The van der Waals surface area contributed by atoms with Crippen LogP contribution in [0.5, 0.6) is 0 Å². The van der Waals surface area contributed by atoms with Crippen molar-refractivity contribution in [3.05, 3.63) is 121 Å². The lowest BCUT2D eigenvalue weighted by Gasteiger charge is -2.21. The molecule has 0 aliphatic carbocycles. The van der Waals surface area contributed by atoms with Gasteiger partial charge in [0.2, 0.25) is 0 Å². The second-order valence-corrected chi connectivity index (χ2v) is 15.1. The number of benzene rings is 5. The van der Waals surface area contributed by atoms with Crippen LogP contribution >= 0.6 is 45.5 Å². The van der Waals surface area contributed by atoms with Crippen molar-refractivity contribution in [3.8, 4) is 53.8 Å². The molecule has 10 aromatic rings. The molecule has 222 valence electrons. The molecule has 0 unspecified atom stereocenters. The molecule has 9 heteroatoms. The maximum absolute atomic E-state index is 5.24. The van der Waals surface area contributed by atoms with E-state index in [2.05, 4.69) is 124 Å². The first-order chi connectivity index (χ1) is 23.3. The van der Waals surface area contributed by atoms with Crippen molar-refractivity contribution in [2.75, 3.05) is 0 Å². The zero-order chi connectivity index (χ0) is 30.9. The van der Waals surface area contributed by atoms with E-state index in [1.165, 1.54) is 42.5 Å². The number of para-hydroxylation sites is 2. The average Bonchev–Trinajstić information content (AvgIpc) is 3.96. The monoisotopic (exact) mass is 675 g/mol. The maximum Gasteiger partial charge on any atom is 0.125 e. The molecule has 0 aliphatic heterocycles. The van der Waals surface area contributed by atoms with Gasteiger partial charge in [-0.2, -0.15) is 5.10 Å². The minimum Gasteiger partial charge on any atom is -0.277 e. The van der Waals surface area contributed by atoms with E-state index in [-0.39, 0.29) is 0 Å². The lowest BCUT2D eigenvalue weighted by Crippen LogP contribution is -1.98. The van der Waals surface area contributed by atoms with E-state index in [9.17, 15) is 0 Å². The summed E-state index contributed by atoms with van der Waals surface area (Å²) in [4.78, 5) is 7.63. The zero-order valence-electron chi connectivity index (χ0n) is 24.5. The number of hydrogen-bond donors (Lipinski definition) is 1. The van der Waals surface area contributed by atoms with Crippen LogP contribution in [0.4, 0.5) is 0 Å². The van der Waals surface area contributed by atoms with E-state index >= 15 is 0 Å². The van der Waals surface area contributed by atoms with Gasteiger partial charge >= 0.3 is 0 Å². The van der Waals surface area contributed by atoms with Crippen molar-refractivity contribution in [3.63, 3.8) is 0 Å². The molecule has 0 saturated heterocycles. The Kier molecular flexibility index (Phi) is 6.20. The smallest absolute Gasteiger partial charge is 0.125 e. The summed E-state index contributed by atoms with van der Waals surface area (Å²) < 4.78 is 7.86. The first-order valence-electron chi connectivity index (χ1n) is 15.0. The van der Waals surface area contributed by atoms with Crippen LogP contribution in [-0.2, 0) is 0 Å². The summed E-state index contributed by atoms with van der Waals surface area (Å²) >= 11 is 6.72. The highest BCUT2D eigenvalue weighted by Gasteiger charge is 2.29. The molecule has 10 rings (SSSR count). The largest absolute Gasteiger partial charge is 0.277 e. The Balaban J connectivity index is 1.45. The highest BCUT2D eigenvalue weighted by molar-refractivity contribution is 7.22. The van der Waals surface area contributed by atoms with Gasteiger partial charge in [0.25, 0.3) is 0 Å². The molecule has 47 heavy (non-hydrogen) atoms.